The van der Waals surface area contributed by atoms with Crippen molar-refractivity contribution in [3.63, 3.8) is 0 Å². The average molecular weight is 505 g/mol. The van der Waals surface area contributed by atoms with Gasteiger partial charge in [0.25, 0.3) is 5.91 Å². The molecule has 0 aliphatic heterocycles. The molecule has 160 valence electrons. The van der Waals surface area contributed by atoms with E-state index in [9.17, 15) is 9.90 Å². The summed E-state index contributed by atoms with van der Waals surface area (Å²) in [4.78, 5) is 18.0. The van der Waals surface area contributed by atoms with E-state index in [2.05, 4.69) is 40.7 Å². The Morgan fingerprint density at radius 2 is 2.07 bits per heavy atom. The van der Waals surface area contributed by atoms with Crippen LogP contribution in [0.25, 0.3) is 11.3 Å². The summed E-state index contributed by atoms with van der Waals surface area (Å²) in [5.74, 6) is -0.424. The molecule has 0 bridgehead atoms. The molecule has 1 aromatic heterocycles. The van der Waals surface area contributed by atoms with Gasteiger partial charge in [0.2, 0.25) is 0 Å². The van der Waals surface area contributed by atoms with Crippen LogP contribution in [0.3, 0.4) is 0 Å². The molecule has 29 heavy (non-hydrogen) atoms. The van der Waals surface area contributed by atoms with Gasteiger partial charge in [0, 0.05) is 31.8 Å². The standard InChI is InChI=1S/C19H27BrClN3O4Si/c1-23(27-2)19(26)16-15(11-25)22-24(12-28-9-10-29(3,4)5)18(16)13-7-6-8-14(21)17(13)20/h6-8,25H,9-12H2,1-5H3. The number of aliphatic hydroxyl groups excluding tert-OH is 1. The van der Waals surface area contributed by atoms with E-state index in [0.717, 1.165) is 11.1 Å². The molecule has 0 fully saturated rings. The number of ether oxygens (including phenoxy) is 1. The molecule has 0 saturated carbocycles. The van der Waals surface area contributed by atoms with Crippen molar-refractivity contribution in [1.82, 2.24) is 14.8 Å². The molecular weight excluding hydrogens is 478 g/mol. The molecule has 2 aromatic rings. The molecule has 0 unspecified atom stereocenters. The van der Waals surface area contributed by atoms with Crippen molar-refractivity contribution in [2.45, 2.75) is 39.0 Å². The molecule has 0 aliphatic carbocycles. The third-order valence-electron chi connectivity index (χ3n) is 4.37. The summed E-state index contributed by atoms with van der Waals surface area (Å²) in [7, 11) is 1.66. The van der Waals surface area contributed by atoms with Crippen molar-refractivity contribution in [3.05, 3.63) is 39.0 Å². The lowest BCUT2D eigenvalue weighted by atomic mass is 10.0. The summed E-state index contributed by atoms with van der Waals surface area (Å²) in [5, 5.41) is 15.9. The largest absolute Gasteiger partial charge is 0.390 e. The van der Waals surface area contributed by atoms with Gasteiger partial charge in [-0.05, 0) is 28.0 Å². The van der Waals surface area contributed by atoms with Gasteiger partial charge in [-0.3, -0.25) is 9.63 Å². The maximum atomic E-state index is 13.0. The minimum Gasteiger partial charge on any atom is -0.390 e. The van der Waals surface area contributed by atoms with E-state index >= 15 is 0 Å². The molecule has 0 spiro atoms. The number of halogens is 2. The zero-order valence-electron chi connectivity index (χ0n) is 17.3. The number of amides is 1. The zero-order chi connectivity index (χ0) is 21.8. The van der Waals surface area contributed by atoms with Gasteiger partial charge in [0.15, 0.2) is 0 Å². The second-order valence-corrected chi connectivity index (χ2v) is 14.6. The third kappa shape index (κ3) is 5.90. The first-order valence-electron chi connectivity index (χ1n) is 9.15. The maximum absolute atomic E-state index is 13.0. The molecule has 7 nitrogen and oxygen atoms in total. The lowest BCUT2D eigenvalue weighted by molar-refractivity contribution is -0.0757. The highest BCUT2D eigenvalue weighted by Crippen LogP contribution is 2.37. The fourth-order valence-corrected chi connectivity index (χ4v) is 4.05. The minimum atomic E-state index is -1.24. The van der Waals surface area contributed by atoms with Crippen LogP contribution in [-0.2, 0) is 22.9 Å². The quantitative estimate of drug-likeness (QED) is 0.311. The predicted molar refractivity (Wildman–Crippen MR) is 120 cm³/mol. The highest BCUT2D eigenvalue weighted by Gasteiger charge is 2.28. The monoisotopic (exact) mass is 503 g/mol. The van der Waals surface area contributed by atoms with Gasteiger partial charge in [-0.2, -0.15) is 5.10 Å². The first kappa shape index (κ1) is 24.0. The summed E-state index contributed by atoms with van der Waals surface area (Å²) in [6.07, 6.45) is 0. The van der Waals surface area contributed by atoms with E-state index in [-0.39, 0.29) is 18.0 Å². The number of nitrogens with zero attached hydrogens (tertiary/aromatic N) is 3. The molecule has 0 aliphatic rings. The maximum Gasteiger partial charge on any atom is 0.281 e. The predicted octanol–water partition coefficient (Wildman–Crippen LogP) is 4.40. The van der Waals surface area contributed by atoms with Crippen LogP contribution in [-0.4, -0.2) is 54.7 Å². The van der Waals surface area contributed by atoms with E-state index in [4.69, 9.17) is 21.2 Å². The molecule has 0 atom stereocenters. The average Bonchev–Trinajstić information content (AvgIpc) is 3.03. The van der Waals surface area contributed by atoms with Crippen LogP contribution < -0.4 is 0 Å². The Hall–Kier alpha value is -1.23. The van der Waals surface area contributed by atoms with Crippen molar-refractivity contribution >= 4 is 41.5 Å². The number of hydroxylamine groups is 2. The number of benzene rings is 1. The van der Waals surface area contributed by atoms with Crippen LogP contribution in [0.15, 0.2) is 22.7 Å². The van der Waals surface area contributed by atoms with E-state index in [1.54, 1.807) is 16.8 Å². The second kappa shape index (κ2) is 10.2. The molecule has 1 amide bonds. The van der Waals surface area contributed by atoms with Crippen molar-refractivity contribution in [2.24, 2.45) is 0 Å². The van der Waals surface area contributed by atoms with Gasteiger partial charge in [-0.15, -0.1) is 0 Å². The number of rotatable bonds is 9. The number of aromatic nitrogens is 2. The molecule has 1 heterocycles. The van der Waals surface area contributed by atoms with Gasteiger partial charge >= 0.3 is 0 Å². The Morgan fingerprint density at radius 3 is 2.66 bits per heavy atom. The fourth-order valence-electron chi connectivity index (χ4n) is 2.67. The van der Waals surface area contributed by atoms with Crippen LogP contribution in [0, 0.1) is 0 Å². The summed E-state index contributed by atoms with van der Waals surface area (Å²) < 4.78 is 8.07. The van der Waals surface area contributed by atoms with Gasteiger partial charge in [-0.25, -0.2) is 9.75 Å². The normalized spacial score (nSPS) is 11.7. The van der Waals surface area contributed by atoms with E-state index in [0.29, 0.717) is 27.4 Å². The van der Waals surface area contributed by atoms with Crippen molar-refractivity contribution in [2.75, 3.05) is 20.8 Å². The lowest BCUT2D eigenvalue weighted by Gasteiger charge is -2.17. The zero-order valence-corrected chi connectivity index (χ0v) is 20.7. The molecule has 10 heteroatoms. The van der Waals surface area contributed by atoms with Crippen LogP contribution in [0.4, 0.5) is 0 Å². The number of hydrogen-bond acceptors (Lipinski definition) is 5. The second-order valence-electron chi connectivity index (χ2n) is 7.76. The van der Waals surface area contributed by atoms with Crippen molar-refractivity contribution in [1.29, 1.82) is 0 Å². The Balaban J connectivity index is 2.54. The minimum absolute atomic E-state index is 0.149. The third-order valence-corrected chi connectivity index (χ3v) is 7.47. The van der Waals surface area contributed by atoms with Crippen LogP contribution in [0.1, 0.15) is 16.1 Å². The highest BCUT2D eigenvalue weighted by molar-refractivity contribution is 9.10. The van der Waals surface area contributed by atoms with Crippen LogP contribution in [0.5, 0.6) is 0 Å². The molecule has 2 rings (SSSR count). The first-order chi connectivity index (χ1) is 13.6. The molecule has 1 aromatic carbocycles. The van der Waals surface area contributed by atoms with E-state index < -0.39 is 20.6 Å². The number of hydrogen-bond donors (Lipinski definition) is 1. The van der Waals surface area contributed by atoms with Gasteiger partial charge < -0.3 is 9.84 Å². The van der Waals surface area contributed by atoms with Crippen LogP contribution in [0.2, 0.25) is 30.7 Å². The Bertz CT molecular complexity index is 870. The van der Waals surface area contributed by atoms with Crippen molar-refractivity contribution < 1.29 is 19.5 Å². The lowest BCUT2D eigenvalue weighted by Crippen LogP contribution is -2.26. The van der Waals surface area contributed by atoms with Gasteiger partial charge in [0.05, 0.1) is 30.0 Å². The number of carbonyl (C=O) groups is 1. The fraction of sp³-hybridized carbons (Fsp3) is 0.474. The van der Waals surface area contributed by atoms with Gasteiger partial charge in [0.1, 0.15) is 12.4 Å². The molecule has 0 saturated heterocycles. The summed E-state index contributed by atoms with van der Waals surface area (Å²) in [6.45, 7) is 7.18. The van der Waals surface area contributed by atoms with Crippen molar-refractivity contribution in [3.8, 4) is 11.3 Å². The number of carbonyl (C=O) groups excluding carboxylic acids is 1. The SMILES string of the molecule is CON(C)C(=O)c1c(CO)nn(COCC[Si](C)(C)C)c1-c1cccc(Cl)c1Br. The van der Waals surface area contributed by atoms with E-state index in [1.807, 2.05) is 6.07 Å². The Morgan fingerprint density at radius 1 is 1.38 bits per heavy atom. The van der Waals surface area contributed by atoms with Gasteiger partial charge in [-0.1, -0.05) is 43.4 Å². The topological polar surface area (TPSA) is 76.8 Å². The molecule has 1 N–H and O–H groups in total. The Labute approximate surface area is 185 Å². The Kier molecular flexibility index (Phi) is 8.44. The first-order valence-corrected chi connectivity index (χ1v) is 14.0. The highest BCUT2D eigenvalue weighted by atomic mass is 79.9. The molecule has 0 radical (unpaired) electrons. The summed E-state index contributed by atoms with van der Waals surface area (Å²) >= 11 is 9.78. The van der Waals surface area contributed by atoms with Crippen LogP contribution >= 0.6 is 27.5 Å². The summed E-state index contributed by atoms with van der Waals surface area (Å²) in [6, 6.07) is 6.38. The number of aliphatic hydroxyl groups is 1. The summed E-state index contributed by atoms with van der Waals surface area (Å²) in [5.41, 5.74) is 1.67. The van der Waals surface area contributed by atoms with E-state index in [1.165, 1.54) is 14.2 Å². The molecular formula is C19H27BrClN3O4Si. The smallest absolute Gasteiger partial charge is 0.281 e.